The van der Waals surface area contributed by atoms with Crippen LogP contribution in [0.15, 0.2) is 48.5 Å². The Morgan fingerprint density at radius 3 is 2.48 bits per heavy atom. The minimum atomic E-state index is -0.300. The number of carbonyl (C=O) groups excluding carboxylic acids is 2. The maximum absolute atomic E-state index is 12.6. The summed E-state index contributed by atoms with van der Waals surface area (Å²) in [4.78, 5) is 28.1. The van der Waals surface area contributed by atoms with Crippen LogP contribution in [-0.2, 0) is 0 Å². The van der Waals surface area contributed by atoms with E-state index in [2.05, 4.69) is 15.6 Å². The first kappa shape index (κ1) is 17.0. The number of fused-ring (bicyclic) bond motifs is 1. The number of benzene rings is 2. The number of para-hydroxylation sites is 1. The lowest BCUT2D eigenvalue weighted by Gasteiger charge is -2.08. The lowest BCUT2D eigenvalue weighted by Crippen LogP contribution is -2.26. The third-order valence-corrected chi connectivity index (χ3v) is 4.07. The molecule has 0 aliphatic rings. The van der Waals surface area contributed by atoms with Crippen molar-refractivity contribution >= 4 is 40.0 Å². The van der Waals surface area contributed by atoms with Crippen molar-refractivity contribution in [2.24, 2.45) is 0 Å². The fourth-order valence-electron chi connectivity index (χ4n) is 2.56. The van der Waals surface area contributed by atoms with Gasteiger partial charge in [0.05, 0.1) is 5.69 Å². The van der Waals surface area contributed by atoms with Crippen molar-refractivity contribution in [3.63, 3.8) is 0 Å². The van der Waals surface area contributed by atoms with Crippen molar-refractivity contribution in [2.75, 3.05) is 11.9 Å². The number of aromatic nitrogens is 1. The minimum absolute atomic E-state index is 0.246. The second-order valence-electron chi connectivity index (χ2n) is 5.64. The quantitative estimate of drug-likeness (QED) is 0.641. The van der Waals surface area contributed by atoms with Crippen LogP contribution in [0, 0.1) is 0 Å². The van der Waals surface area contributed by atoms with E-state index in [1.54, 1.807) is 24.3 Å². The molecule has 0 radical (unpaired) electrons. The maximum Gasteiger partial charge on any atom is 0.269 e. The molecule has 128 valence electrons. The largest absolute Gasteiger partial charge is 0.351 e. The number of amides is 2. The summed E-state index contributed by atoms with van der Waals surface area (Å²) < 4.78 is 0. The molecule has 0 bridgehead atoms. The standard InChI is InChI=1S/C19H18ClN3O2/c1-2-11-21-19(25)17-16(14-5-3-4-6-15(14)22-17)23-18(24)12-7-9-13(20)10-8-12/h3-10,22H,2,11H2,1H3,(H,21,25)(H,23,24). The fraction of sp³-hybridized carbons (Fsp3) is 0.158. The van der Waals surface area contributed by atoms with Gasteiger partial charge in [-0.15, -0.1) is 0 Å². The normalized spacial score (nSPS) is 10.6. The highest BCUT2D eigenvalue weighted by Gasteiger charge is 2.19. The predicted octanol–water partition coefficient (Wildman–Crippen LogP) is 4.21. The molecule has 2 aromatic carbocycles. The molecular formula is C19H18ClN3O2. The summed E-state index contributed by atoms with van der Waals surface area (Å²) in [6, 6.07) is 14.1. The number of hydrogen-bond donors (Lipinski definition) is 3. The highest BCUT2D eigenvalue weighted by atomic mass is 35.5. The van der Waals surface area contributed by atoms with Crippen LogP contribution >= 0.6 is 11.6 Å². The van der Waals surface area contributed by atoms with E-state index in [1.807, 2.05) is 31.2 Å². The number of hydrogen-bond acceptors (Lipinski definition) is 2. The van der Waals surface area contributed by atoms with Gasteiger partial charge in [-0.05, 0) is 36.8 Å². The zero-order valence-electron chi connectivity index (χ0n) is 13.7. The Morgan fingerprint density at radius 2 is 1.76 bits per heavy atom. The van der Waals surface area contributed by atoms with Gasteiger partial charge in [0.15, 0.2) is 0 Å². The van der Waals surface area contributed by atoms with Crippen LogP contribution in [0.1, 0.15) is 34.2 Å². The van der Waals surface area contributed by atoms with Gasteiger partial charge in [0.25, 0.3) is 11.8 Å². The van der Waals surface area contributed by atoms with E-state index in [0.29, 0.717) is 28.5 Å². The van der Waals surface area contributed by atoms with Crippen LogP contribution in [0.4, 0.5) is 5.69 Å². The van der Waals surface area contributed by atoms with E-state index in [1.165, 1.54) is 0 Å². The summed E-state index contributed by atoms with van der Waals surface area (Å²) in [5.41, 5.74) is 2.08. The molecule has 3 aromatic rings. The van der Waals surface area contributed by atoms with E-state index in [4.69, 9.17) is 11.6 Å². The summed E-state index contributed by atoms with van der Waals surface area (Å²) in [6.45, 7) is 2.55. The molecule has 0 atom stereocenters. The van der Waals surface area contributed by atoms with Crippen LogP contribution in [0.2, 0.25) is 5.02 Å². The van der Waals surface area contributed by atoms with Crippen molar-refractivity contribution in [2.45, 2.75) is 13.3 Å². The Kier molecular flexibility index (Phi) is 5.05. The van der Waals surface area contributed by atoms with Gasteiger partial charge >= 0.3 is 0 Å². The van der Waals surface area contributed by atoms with E-state index >= 15 is 0 Å². The van der Waals surface area contributed by atoms with Gasteiger partial charge in [0.2, 0.25) is 0 Å². The lowest BCUT2D eigenvalue weighted by molar-refractivity contribution is 0.0950. The molecule has 0 aliphatic carbocycles. The highest BCUT2D eigenvalue weighted by Crippen LogP contribution is 2.28. The molecule has 1 aromatic heterocycles. The van der Waals surface area contributed by atoms with Gasteiger partial charge in [-0.2, -0.15) is 0 Å². The lowest BCUT2D eigenvalue weighted by atomic mass is 10.1. The van der Waals surface area contributed by atoms with Crippen LogP contribution in [0.25, 0.3) is 10.9 Å². The topological polar surface area (TPSA) is 74.0 Å². The third kappa shape index (κ3) is 3.67. The Morgan fingerprint density at radius 1 is 1.04 bits per heavy atom. The molecule has 0 saturated carbocycles. The molecular weight excluding hydrogens is 338 g/mol. The second kappa shape index (κ2) is 7.40. The molecule has 0 fully saturated rings. The maximum atomic E-state index is 12.6. The Bertz CT molecular complexity index is 916. The molecule has 0 spiro atoms. The van der Waals surface area contributed by atoms with E-state index in [-0.39, 0.29) is 11.8 Å². The van der Waals surface area contributed by atoms with Crippen LogP contribution in [0.3, 0.4) is 0 Å². The second-order valence-corrected chi connectivity index (χ2v) is 6.07. The molecule has 6 heteroatoms. The van der Waals surface area contributed by atoms with Gasteiger partial charge in [-0.25, -0.2) is 0 Å². The number of nitrogens with one attached hydrogen (secondary N) is 3. The SMILES string of the molecule is CCCNC(=O)c1[nH]c2ccccc2c1NC(=O)c1ccc(Cl)cc1. The van der Waals surface area contributed by atoms with Crippen molar-refractivity contribution in [3.8, 4) is 0 Å². The first-order chi connectivity index (χ1) is 12.1. The number of aromatic amines is 1. The van der Waals surface area contributed by atoms with Gasteiger partial charge in [-0.3, -0.25) is 9.59 Å². The molecule has 2 amide bonds. The molecule has 5 nitrogen and oxygen atoms in total. The summed E-state index contributed by atoms with van der Waals surface area (Å²) >= 11 is 5.86. The average Bonchev–Trinajstić information content (AvgIpc) is 2.99. The van der Waals surface area contributed by atoms with Gasteiger partial charge < -0.3 is 15.6 Å². The van der Waals surface area contributed by atoms with Gasteiger partial charge in [0, 0.05) is 28.0 Å². The average molecular weight is 356 g/mol. The molecule has 0 unspecified atom stereocenters. The van der Waals surface area contributed by atoms with Gasteiger partial charge in [0.1, 0.15) is 5.69 Å². The van der Waals surface area contributed by atoms with Crippen molar-refractivity contribution in [1.29, 1.82) is 0 Å². The van der Waals surface area contributed by atoms with Crippen molar-refractivity contribution < 1.29 is 9.59 Å². The number of anilines is 1. The predicted molar refractivity (Wildman–Crippen MR) is 100 cm³/mol. The zero-order chi connectivity index (χ0) is 17.8. The Balaban J connectivity index is 1.97. The molecule has 25 heavy (non-hydrogen) atoms. The Hall–Kier alpha value is -2.79. The molecule has 0 aliphatic heterocycles. The fourth-order valence-corrected chi connectivity index (χ4v) is 2.68. The monoisotopic (exact) mass is 355 g/mol. The third-order valence-electron chi connectivity index (χ3n) is 3.81. The highest BCUT2D eigenvalue weighted by molar-refractivity contribution is 6.30. The van der Waals surface area contributed by atoms with Crippen LogP contribution < -0.4 is 10.6 Å². The summed E-state index contributed by atoms with van der Waals surface area (Å²) in [6.07, 6.45) is 0.832. The smallest absolute Gasteiger partial charge is 0.269 e. The Labute approximate surface area is 150 Å². The minimum Gasteiger partial charge on any atom is -0.351 e. The van der Waals surface area contributed by atoms with Crippen LogP contribution in [0.5, 0.6) is 0 Å². The summed E-state index contributed by atoms with van der Waals surface area (Å²) in [7, 11) is 0. The number of rotatable bonds is 5. The molecule has 0 saturated heterocycles. The summed E-state index contributed by atoms with van der Waals surface area (Å²) in [5.74, 6) is -0.546. The number of halogens is 1. The van der Waals surface area contributed by atoms with E-state index in [0.717, 1.165) is 17.3 Å². The van der Waals surface area contributed by atoms with Crippen molar-refractivity contribution in [3.05, 3.63) is 64.8 Å². The molecule has 3 N–H and O–H groups in total. The first-order valence-electron chi connectivity index (χ1n) is 8.06. The molecule has 3 rings (SSSR count). The van der Waals surface area contributed by atoms with Crippen molar-refractivity contribution in [1.82, 2.24) is 10.3 Å². The van der Waals surface area contributed by atoms with E-state index in [9.17, 15) is 9.59 Å². The van der Waals surface area contributed by atoms with Gasteiger partial charge in [-0.1, -0.05) is 36.7 Å². The molecule has 1 heterocycles. The first-order valence-corrected chi connectivity index (χ1v) is 8.43. The number of H-pyrrole nitrogens is 1. The number of carbonyl (C=O) groups is 2. The van der Waals surface area contributed by atoms with Crippen LogP contribution in [-0.4, -0.2) is 23.3 Å². The zero-order valence-corrected chi connectivity index (χ0v) is 14.5. The van der Waals surface area contributed by atoms with E-state index < -0.39 is 0 Å². The summed E-state index contributed by atoms with van der Waals surface area (Å²) in [5, 5.41) is 7.03.